The molecule has 3 aromatic rings. The molecular formula is C19H16Cl2N2O3S2. The van der Waals surface area contributed by atoms with E-state index in [0.29, 0.717) is 21.3 Å². The molecule has 3 rings (SSSR count). The molecule has 0 atom stereocenters. The van der Waals surface area contributed by atoms with Gasteiger partial charge in [-0.1, -0.05) is 35.3 Å². The fourth-order valence-electron chi connectivity index (χ4n) is 2.45. The summed E-state index contributed by atoms with van der Waals surface area (Å²) in [6, 6.07) is 14.6. The van der Waals surface area contributed by atoms with E-state index in [1.54, 1.807) is 60.0 Å². The van der Waals surface area contributed by atoms with Crippen LogP contribution in [0.15, 0.2) is 64.2 Å². The fourth-order valence-corrected chi connectivity index (χ4v) is 5.28. The van der Waals surface area contributed by atoms with Gasteiger partial charge in [0.25, 0.3) is 15.9 Å². The molecule has 1 N–H and O–H groups in total. The summed E-state index contributed by atoms with van der Waals surface area (Å²) in [6.07, 6.45) is 0. The molecule has 1 aromatic heterocycles. The van der Waals surface area contributed by atoms with Crippen molar-refractivity contribution in [1.29, 1.82) is 0 Å². The SMILES string of the molecule is CN(c1ccc(C(=O)NCc2ccc(Cl)cc2Cl)cc1)S(=O)(=O)c1cccs1. The summed E-state index contributed by atoms with van der Waals surface area (Å²) in [5.41, 5.74) is 1.62. The Balaban J connectivity index is 1.69. The summed E-state index contributed by atoms with van der Waals surface area (Å²) in [5.74, 6) is -0.290. The topological polar surface area (TPSA) is 66.5 Å². The number of benzene rings is 2. The Hall–Kier alpha value is -2.06. The van der Waals surface area contributed by atoms with Gasteiger partial charge < -0.3 is 5.32 Å². The van der Waals surface area contributed by atoms with E-state index in [2.05, 4.69) is 5.32 Å². The lowest BCUT2D eigenvalue weighted by molar-refractivity contribution is 0.0951. The molecule has 5 nitrogen and oxygen atoms in total. The molecule has 0 saturated carbocycles. The standard InChI is InChI=1S/C19H16Cl2N2O3S2/c1-23(28(25,26)18-3-2-10-27-18)16-8-5-13(6-9-16)19(24)22-12-14-4-7-15(20)11-17(14)21/h2-11H,12H2,1H3,(H,22,24). The largest absolute Gasteiger partial charge is 0.348 e. The smallest absolute Gasteiger partial charge is 0.273 e. The molecule has 2 aromatic carbocycles. The minimum atomic E-state index is -3.61. The summed E-state index contributed by atoms with van der Waals surface area (Å²) in [7, 11) is -2.13. The lowest BCUT2D eigenvalue weighted by atomic mass is 10.1. The number of hydrogen-bond donors (Lipinski definition) is 1. The molecule has 28 heavy (non-hydrogen) atoms. The number of thiophene rings is 1. The number of nitrogens with one attached hydrogen (secondary N) is 1. The first-order valence-electron chi connectivity index (χ1n) is 8.13. The Bertz CT molecular complexity index is 1080. The summed E-state index contributed by atoms with van der Waals surface area (Å²) in [6.45, 7) is 0.253. The number of hydrogen-bond acceptors (Lipinski definition) is 4. The van der Waals surface area contributed by atoms with Crippen LogP contribution in [0, 0.1) is 0 Å². The van der Waals surface area contributed by atoms with Crippen molar-refractivity contribution >= 4 is 56.2 Å². The molecule has 146 valence electrons. The monoisotopic (exact) mass is 454 g/mol. The van der Waals surface area contributed by atoms with Crippen LogP contribution in [0.25, 0.3) is 0 Å². The number of amides is 1. The molecule has 0 saturated heterocycles. The third-order valence-corrected chi connectivity index (χ3v) is 7.80. The zero-order valence-corrected chi connectivity index (χ0v) is 17.9. The van der Waals surface area contributed by atoms with Crippen LogP contribution in [-0.2, 0) is 16.6 Å². The fraction of sp³-hybridized carbons (Fsp3) is 0.105. The molecule has 0 radical (unpaired) electrons. The van der Waals surface area contributed by atoms with E-state index < -0.39 is 10.0 Å². The molecule has 1 amide bonds. The first-order valence-corrected chi connectivity index (χ1v) is 11.2. The summed E-state index contributed by atoms with van der Waals surface area (Å²) < 4.78 is 26.6. The van der Waals surface area contributed by atoms with Crippen LogP contribution in [-0.4, -0.2) is 21.4 Å². The van der Waals surface area contributed by atoms with E-state index in [1.165, 1.54) is 11.4 Å². The molecule has 0 unspecified atom stereocenters. The zero-order chi connectivity index (χ0) is 20.3. The maximum Gasteiger partial charge on any atom is 0.273 e. The van der Waals surface area contributed by atoms with Gasteiger partial charge in [-0.15, -0.1) is 11.3 Å². The zero-order valence-electron chi connectivity index (χ0n) is 14.7. The molecule has 0 fully saturated rings. The second-order valence-corrected chi connectivity index (χ2v) is 9.86. The van der Waals surface area contributed by atoms with Gasteiger partial charge in [0.1, 0.15) is 4.21 Å². The molecule has 9 heteroatoms. The van der Waals surface area contributed by atoms with Gasteiger partial charge in [0.15, 0.2) is 0 Å². The highest BCUT2D eigenvalue weighted by atomic mass is 35.5. The number of carbonyl (C=O) groups is 1. The van der Waals surface area contributed by atoms with Gasteiger partial charge in [-0.05, 0) is 53.4 Å². The Labute approximate surface area is 177 Å². The third kappa shape index (κ3) is 4.50. The quantitative estimate of drug-likeness (QED) is 0.580. The molecular weight excluding hydrogens is 439 g/mol. The van der Waals surface area contributed by atoms with Crippen LogP contribution in [0.2, 0.25) is 10.0 Å². The Morgan fingerprint density at radius 1 is 1.11 bits per heavy atom. The van der Waals surface area contributed by atoms with E-state index in [0.717, 1.165) is 16.9 Å². The van der Waals surface area contributed by atoms with Crippen LogP contribution >= 0.6 is 34.5 Å². The summed E-state index contributed by atoms with van der Waals surface area (Å²) in [4.78, 5) is 12.4. The number of halogens is 2. The number of sulfonamides is 1. The Morgan fingerprint density at radius 2 is 1.82 bits per heavy atom. The molecule has 0 spiro atoms. The van der Waals surface area contributed by atoms with E-state index >= 15 is 0 Å². The third-order valence-electron chi connectivity index (χ3n) is 4.06. The Kier molecular flexibility index (Phi) is 6.30. The number of nitrogens with zero attached hydrogens (tertiary/aromatic N) is 1. The highest BCUT2D eigenvalue weighted by molar-refractivity contribution is 7.94. The van der Waals surface area contributed by atoms with Crippen LogP contribution in [0.1, 0.15) is 15.9 Å². The van der Waals surface area contributed by atoms with E-state index in [-0.39, 0.29) is 16.7 Å². The predicted molar refractivity (Wildman–Crippen MR) is 114 cm³/mol. The summed E-state index contributed by atoms with van der Waals surface area (Å²) >= 11 is 13.1. The van der Waals surface area contributed by atoms with Gasteiger partial charge in [-0.2, -0.15) is 0 Å². The molecule has 1 heterocycles. The number of anilines is 1. The average Bonchev–Trinajstić information content (AvgIpc) is 3.22. The van der Waals surface area contributed by atoms with Crippen molar-refractivity contribution in [3.63, 3.8) is 0 Å². The first kappa shape index (κ1) is 20.7. The van der Waals surface area contributed by atoms with Crippen molar-refractivity contribution in [1.82, 2.24) is 5.32 Å². The van der Waals surface area contributed by atoms with E-state index in [9.17, 15) is 13.2 Å². The minimum Gasteiger partial charge on any atom is -0.348 e. The molecule has 0 bridgehead atoms. The average molecular weight is 455 g/mol. The Morgan fingerprint density at radius 3 is 2.43 bits per heavy atom. The van der Waals surface area contributed by atoms with Gasteiger partial charge in [0.05, 0.1) is 5.69 Å². The maximum atomic E-state index is 12.6. The lowest BCUT2D eigenvalue weighted by Gasteiger charge is -2.18. The van der Waals surface area contributed by atoms with Crippen LogP contribution in [0.3, 0.4) is 0 Å². The highest BCUT2D eigenvalue weighted by Crippen LogP contribution is 2.25. The van der Waals surface area contributed by atoms with Crippen molar-refractivity contribution in [2.45, 2.75) is 10.8 Å². The molecule has 0 aliphatic rings. The van der Waals surface area contributed by atoms with Gasteiger partial charge >= 0.3 is 0 Å². The first-order chi connectivity index (χ1) is 13.3. The number of carbonyl (C=O) groups excluding carboxylic acids is 1. The van der Waals surface area contributed by atoms with Crippen molar-refractivity contribution < 1.29 is 13.2 Å². The van der Waals surface area contributed by atoms with Crippen molar-refractivity contribution in [3.05, 3.63) is 81.1 Å². The van der Waals surface area contributed by atoms with Gasteiger partial charge in [0, 0.05) is 29.2 Å². The van der Waals surface area contributed by atoms with Gasteiger partial charge in [-0.25, -0.2) is 8.42 Å². The van der Waals surface area contributed by atoms with E-state index in [4.69, 9.17) is 23.2 Å². The van der Waals surface area contributed by atoms with Crippen molar-refractivity contribution in [2.24, 2.45) is 0 Å². The second kappa shape index (κ2) is 8.53. The van der Waals surface area contributed by atoms with Gasteiger partial charge in [-0.3, -0.25) is 9.10 Å². The van der Waals surface area contributed by atoms with Gasteiger partial charge in [0.2, 0.25) is 0 Å². The van der Waals surface area contributed by atoms with Crippen molar-refractivity contribution in [2.75, 3.05) is 11.4 Å². The molecule has 0 aliphatic heterocycles. The minimum absolute atomic E-state index is 0.253. The van der Waals surface area contributed by atoms with Crippen molar-refractivity contribution in [3.8, 4) is 0 Å². The summed E-state index contributed by atoms with van der Waals surface area (Å²) in [5, 5.41) is 5.49. The van der Waals surface area contributed by atoms with Crippen LogP contribution in [0.5, 0.6) is 0 Å². The second-order valence-electron chi connectivity index (χ2n) is 5.87. The molecule has 0 aliphatic carbocycles. The highest BCUT2D eigenvalue weighted by Gasteiger charge is 2.22. The maximum absolute atomic E-state index is 12.6. The van der Waals surface area contributed by atoms with Crippen LogP contribution in [0.4, 0.5) is 5.69 Å². The predicted octanol–water partition coefficient (Wildman–Crippen LogP) is 4.81. The van der Waals surface area contributed by atoms with Crippen LogP contribution < -0.4 is 9.62 Å². The normalized spacial score (nSPS) is 11.2. The van der Waals surface area contributed by atoms with E-state index in [1.807, 2.05) is 0 Å². The number of rotatable bonds is 6. The lowest BCUT2D eigenvalue weighted by Crippen LogP contribution is -2.26.